The maximum Gasteiger partial charge on any atom is 0.0861 e. The molecule has 0 spiro atoms. The van der Waals surface area contributed by atoms with E-state index in [1.807, 2.05) is 33.1 Å². The average Bonchev–Trinajstić information content (AvgIpc) is 1.81. The third-order valence-electron chi connectivity index (χ3n) is 1.02. The molecule has 0 aliphatic heterocycles. The molecule has 0 aromatic carbocycles. The fraction of sp³-hybridized carbons (Fsp3) is 0.714. The molecule has 0 radical (unpaired) electrons. The lowest BCUT2D eigenvalue weighted by Crippen LogP contribution is -2.12. The van der Waals surface area contributed by atoms with Crippen LogP contribution in [0.1, 0.15) is 0 Å². The van der Waals surface area contributed by atoms with E-state index in [4.69, 9.17) is 0 Å². The van der Waals surface area contributed by atoms with Crippen LogP contribution in [0.25, 0.3) is 0 Å². The minimum Gasteiger partial charge on any atom is -0.381 e. The lowest BCUT2D eigenvalue weighted by atomic mass is 10.7. The highest BCUT2D eigenvalue weighted by molar-refractivity contribution is 8.02. The van der Waals surface area contributed by atoms with Gasteiger partial charge in [-0.1, -0.05) is 0 Å². The van der Waals surface area contributed by atoms with Crippen molar-refractivity contribution < 1.29 is 0 Å². The number of thioether (sulfide) groups is 1. The summed E-state index contributed by atoms with van der Waals surface area (Å²) < 4.78 is 0. The summed E-state index contributed by atoms with van der Waals surface area (Å²) in [6.07, 6.45) is 4.18. The van der Waals surface area contributed by atoms with Crippen molar-refractivity contribution in [3.8, 4) is 0 Å². The quantitative estimate of drug-likeness (QED) is 0.614. The van der Waals surface area contributed by atoms with Crippen molar-refractivity contribution in [2.24, 2.45) is 0 Å². The number of nitrogens with zero attached hydrogens (tertiary/aromatic N) is 2. The number of hydrogen-bond donors (Lipinski definition) is 0. The van der Waals surface area contributed by atoms with Gasteiger partial charge < -0.3 is 9.80 Å². The van der Waals surface area contributed by atoms with E-state index in [1.165, 1.54) is 5.03 Å². The molecule has 0 rings (SSSR count). The van der Waals surface area contributed by atoms with Crippen LogP contribution in [0.2, 0.25) is 0 Å². The Kier molecular flexibility index (Phi) is 4.36. The van der Waals surface area contributed by atoms with Gasteiger partial charge in [-0.15, -0.1) is 11.8 Å². The SMILES string of the molecule is CS/C(=C/N(C)C)N(C)C. The molecule has 60 valence electrons. The van der Waals surface area contributed by atoms with Crippen LogP contribution in [0.4, 0.5) is 0 Å². The summed E-state index contributed by atoms with van der Waals surface area (Å²) >= 11 is 1.75. The monoisotopic (exact) mass is 160 g/mol. The summed E-state index contributed by atoms with van der Waals surface area (Å²) in [6, 6.07) is 0. The van der Waals surface area contributed by atoms with Gasteiger partial charge in [-0.3, -0.25) is 0 Å². The van der Waals surface area contributed by atoms with Gasteiger partial charge in [0.15, 0.2) is 0 Å². The molecule has 0 saturated carbocycles. The molecule has 10 heavy (non-hydrogen) atoms. The number of hydrogen-bond acceptors (Lipinski definition) is 3. The Morgan fingerprint density at radius 2 is 1.70 bits per heavy atom. The van der Waals surface area contributed by atoms with Gasteiger partial charge in [0.2, 0.25) is 0 Å². The average molecular weight is 160 g/mol. The molecule has 0 aromatic rings. The minimum atomic E-state index is 1.27. The summed E-state index contributed by atoms with van der Waals surface area (Å²) in [4.78, 5) is 4.15. The van der Waals surface area contributed by atoms with Gasteiger partial charge in [0.1, 0.15) is 0 Å². The van der Waals surface area contributed by atoms with Crippen LogP contribution >= 0.6 is 11.8 Å². The Hall–Kier alpha value is -0.310. The van der Waals surface area contributed by atoms with Gasteiger partial charge in [-0.05, 0) is 6.26 Å². The summed E-state index contributed by atoms with van der Waals surface area (Å²) in [5, 5.41) is 1.27. The molecule has 0 bridgehead atoms. The normalized spacial score (nSPS) is 11.5. The highest BCUT2D eigenvalue weighted by atomic mass is 32.2. The van der Waals surface area contributed by atoms with Gasteiger partial charge in [0.25, 0.3) is 0 Å². The van der Waals surface area contributed by atoms with Gasteiger partial charge in [-0.25, -0.2) is 0 Å². The first-order valence-electron chi connectivity index (χ1n) is 3.17. The first-order valence-corrected chi connectivity index (χ1v) is 4.40. The molecule has 0 unspecified atom stereocenters. The van der Waals surface area contributed by atoms with Gasteiger partial charge in [0.05, 0.1) is 5.03 Å². The molecule has 0 aliphatic rings. The van der Waals surface area contributed by atoms with Gasteiger partial charge in [-0.2, -0.15) is 0 Å². The Bertz CT molecular complexity index is 119. The molecule has 0 amide bonds. The van der Waals surface area contributed by atoms with Crippen LogP contribution in [-0.2, 0) is 0 Å². The molecular weight excluding hydrogens is 144 g/mol. The fourth-order valence-electron chi connectivity index (χ4n) is 0.572. The number of rotatable bonds is 3. The highest BCUT2D eigenvalue weighted by Crippen LogP contribution is 2.13. The molecular formula is C7H16N2S. The summed E-state index contributed by atoms with van der Waals surface area (Å²) in [5.41, 5.74) is 0. The molecule has 0 heterocycles. The fourth-order valence-corrected chi connectivity index (χ4v) is 1.25. The zero-order chi connectivity index (χ0) is 8.15. The molecule has 0 atom stereocenters. The van der Waals surface area contributed by atoms with Crippen molar-refractivity contribution >= 4 is 11.8 Å². The maximum absolute atomic E-state index is 2.10. The third-order valence-corrected chi connectivity index (χ3v) is 1.91. The first kappa shape index (κ1) is 9.69. The van der Waals surface area contributed by atoms with Crippen molar-refractivity contribution in [2.75, 3.05) is 34.4 Å². The molecule has 3 heteroatoms. The Balaban J connectivity index is 4.04. The van der Waals surface area contributed by atoms with Crippen LogP contribution < -0.4 is 0 Å². The Morgan fingerprint density at radius 1 is 1.20 bits per heavy atom. The predicted molar refractivity (Wildman–Crippen MR) is 49.0 cm³/mol. The highest BCUT2D eigenvalue weighted by Gasteiger charge is 1.95. The van der Waals surface area contributed by atoms with E-state index in [9.17, 15) is 0 Å². The van der Waals surface area contributed by atoms with Crippen LogP contribution in [0.15, 0.2) is 11.2 Å². The van der Waals surface area contributed by atoms with Crippen LogP contribution in [0, 0.1) is 0 Å². The van der Waals surface area contributed by atoms with Gasteiger partial charge in [0, 0.05) is 34.4 Å². The first-order chi connectivity index (χ1) is 4.57. The summed E-state index contributed by atoms with van der Waals surface area (Å²) in [6.45, 7) is 0. The molecule has 0 fully saturated rings. The lowest BCUT2D eigenvalue weighted by Gasteiger charge is -2.17. The van der Waals surface area contributed by atoms with Gasteiger partial charge >= 0.3 is 0 Å². The zero-order valence-electron chi connectivity index (χ0n) is 7.38. The van der Waals surface area contributed by atoms with Crippen LogP contribution in [-0.4, -0.2) is 44.2 Å². The van der Waals surface area contributed by atoms with E-state index in [2.05, 4.69) is 17.4 Å². The van der Waals surface area contributed by atoms with Crippen molar-refractivity contribution in [2.45, 2.75) is 0 Å². The molecule has 0 N–H and O–H groups in total. The summed E-state index contributed by atoms with van der Waals surface area (Å²) in [5.74, 6) is 0. The van der Waals surface area contributed by atoms with E-state index in [0.29, 0.717) is 0 Å². The predicted octanol–water partition coefficient (Wildman–Crippen LogP) is 1.27. The molecule has 0 aromatic heterocycles. The largest absolute Gasteiger partial charge is 0.381 e. The molecule has 2 nitrogen and oxygen atoms in total. The van der Waals surface area contributed by atoms with Crippen LogP contribution in [0.5, 0.6) is 0 Å². The van der Waals surface area contributed by atoms with E-state index >= 15 is 0 Å². The zero-order valence-corrected chi connectivity index (χ0v) is 8.20. The van der Waals surface area contributed by atoms with E-state index in [1.54, 1.807) is 11.8 Å². The maximum atomic E-state index is 2.10. The van der Waals surface area contributed by atoms with E-state index in [-0.39, 0.29) is 0 Å². The van der Waals surface area contributed by atoms with E-state index < -0.39 is 0 Å². The second-order valence-electron chi connectivity index (χ2n) is 2.53. The third kappa shape index (κ3) is 3.67. The Labute approximate surface area is 67.9 Å². The topological polar surface area (TPSA) is 6.48 Å². The smallest absolute Gasteiger partial charge is 0.0861 e. The minimum absolute atomic E-state index is 1.27. The van der Waals surface area contributed by atoms with Crippen molar-refractivity contribution in [3.63, 3.8) is 0 Å². The van der Waals surface area contributed by atoms with E-state index in [0.717, 1.165) is 0 Å². The van der Waals surface area contributed by atoms with Crippen molar-refractivity contribution in [3.05, 3.63) is 11.2 Å². The summed E-state index contributed by atoms with van der Waals surface area (Å²) in [7, 11) is 8.15. The Morgan fingerprint density at radius 3 is 1.80 bits per heavy atom. The van der Waals surface area contributed by atoms with Crippen molar-refractivity contribution in [1.29, 1.82) is 0 Å². The second-order valence-corrected chi connectivity index (χ2v) is 3.36. The molecule has 0 saturated heterocycles. The second kappa shape index (κ2) is 4.50. The standard InChI is InChI=1S/C7H16N2S/c1-8(2)6-7(10-5)9(3)4/h6H,1-5H3/b7-6+. The van der Waals surface area contributed by atoms with Crippen LogP contribution in [0.3, 0.4) is 0 Å². The molecule has 0 aliphatic carbocycles. The van der Waals surface area contributed by atoms with Crippen molar-refractivity contribution in [1.82, 2.24) is 9.80 Å². The lowest BCUT2D eigenvalue weighted by molar-refractivity contribution is 0.502.